The van der Waals surface area contributed by atoms with Gasteiger partial charge in [-0.25, -0.2) is 4.39 Å². The molecule has 1 aromatic rings. The first-order chi connectivity index (χ1) is 8.13. The predicted molar refractivity (Wildman–Crippen MR) is 64.5 cm³/mol. The molecule has 1 saturated heterocycles. The maximum Gasteiger partial charge on any atom is 0.123 e. The molecule has 0 spiro atoms. The van der Waals surface area contributed by atoms with Gasteiger partial charge < -0.3 is 15.1 Å². The van der Waals surface area contributed by atoms with Gasteiger partial charge in [0.25, 0.3) is 0 Å². The Bertz CT molecular complexity index is 395. The highest BCUT2D eigenvalue weighted by molar-refractivity contribution is 5.56. The molecule has 0 aliphatic carbocycles. The number of halogens is 1. The van der Waals surface area contributed by atoms with E-state index in [1.165, 1.54) is 12.1 Å². The third-order valence-electron chi connectivity index (χ3n) is 3.34. The van der Waals surface area contributed by atoms with Gasteiger partial charge in [0.2, 0.25) is 0 Å². The molecule has 0 amide bonds. The highest BCUT2D eigenvalue weighted by Crippen LogP contribution is 2.32. The lowest BCUT2D eigenvalue weighted by Crippen LogP contribution is -2.33. The van der Waals surface area contributed by atoms with Crippen molar-refractivity contribution in [3.05, 3.63) is 29.6 Å². The molecular formula is C13H18FNO2. The first-order valence-electron chi connectivity index (χ1n) is 5.98. The number of hydrogen-bond acceptors (Lipinski definition) is 3. The van der Waals surface area contributed by atoms with Gasteiger partial charge in [-0.2, -0.15) is 0 Å². The summed E-state index contributed by atoms with van der Waals surface area (Å²) < 4.78 is 13.2. The van der Waals surface area contributed by atoms with Crippen molar-refractivity contribution in [2.75, 3.05) is 18.1 Å². The Labute approximate surface area is 100 Å². The first kappa shape index (κ1) is 12.3. The van der Waals surface area contributed by atoms with E-state index in [2.05, 4.69) is 4.90 Å². The topological polar surface area (TPSA) is 43.7 Å². The molecule has 3 nitrogen and oxygen atoms in total. The lowest BCUT2D eigenvalue weighted by Gasteiger charge is -2.28. The summed E-state index contributed by atoms with van der Waals surface area (Å²) in [6, 6.07) is 4.53. The Morgan fingerprint density at radius 2 is 2.29 bits per heavy atom. The number of aliphatic hydroxyl groups excluding tert-OH is 2. The van der Waals surface area contributed by atoms with Crippen molar-refractivity contribution in [2.24, 2.45) is 0 Å². The summed E-state index contributed by atoms with van der Waals surface area (Å²) in [5.74, 6) is -0.343. The van der Waals surface area contributed by atoms with Crippen molar-refractivity contribution in [3.63, 3.8) is 0 Å². The van der Waals surface area contributed by atoms with E-state index in [1.54, 1.807) is 13.0 Å². The number of benzene rings is 1. The number of anilines is 1. The molecule has 0 radical (unpaired) electrons. The molecule has 1 fully saturated rings. The maximum absolute atomic E-state index is 13.2. The van der Waals surface area contributed by atoms with Crippen LogP contribution in [0.4, 0.5) is 10.1 Å². The van der Waals surface area contributed by atoms with E-state index in [-0.39, 0.29) is 18.5 Å². The molecule has 1 unspecified atom stereocenters. The summed E-state index contributed by atoms with van der Waals surface area (Å²) in [6.45, 7) is 2.56. The Morgan fingerprint density at radius 1 is 1.53 bits per heavy atom. The normalized spacial score (nSPS) is 21.9. The largest absolute Gasteiger partial charge is 0.394 e. The van der Waals surface area contributed by atoms with Crippen LogP contribution in [0.2, 0.25) is 0 Å². The quantitative estimate of drug-likeness (QED) is 0.846. The highest BCUT2D eigenvalue weighted by Gasteiger charge is 2.26. The summed E-state index contributed by atoms with van der Waals surface area (Å²) in [5, 5.41) is 19.0. The van der Waals surface area contributed by atoms with E-state index < -0.39 is 6.10 Å². The Balaban J connectivity index is 2.37. The highest BCUT2D eigenvalue weighted by atomic mass is 19.1. The van der Waals surface area contributed by atoms with E-state index in [0.717, 1.165) is 25.1 Å². The summed E-state index contributed by atoms with van der Waals surface area (Å²) in [5.41, 5.74) is 1.42. The van der Waals surface area contributed by atoms with Crippen LogP contribution in [0.1, 0.15) is 31.4 Å². The number of hydrogen-bond donors (Lipinski definition) is 2. The molecule has 1 aliphatic rings. The molecule has 2 rings (SSSR count). The van der Waals surface area contributed by atoms with Crippen molar-refractivity contribution in [2.45, 2.75) is 31.9 Å². The van der Waals surface area contributed by atoms with Gasteiger partial charge in [-0.3, -0.25) is 0 Å². The second kappa shape index (κ2) is 5.02. The van der Waals surface area contributed by atoms with Crippen LogP contribution in [-0.4, -0.2) is 29.4 Å². The van der Waals surface area contributed by atoms with E-state index in [4.69, 9.17) is 0 Å². The Kier molecular flexibility index (Phi) is 3.64. The SMILES string of the molecule is C[C@H](O)c1cc(F)ccc1N1CCCC1CO. The Morgan fingerprint density at radius 3 is 2.94 bits per heavy atom. The van der Waals surface area contributed by atoms with E-state index in [9.17, 15) is 14.6 Å². The van der Waals surface area contributed by atoms with Gasteiger partial charge in [-0.15, -0.1) is 0 Å². The van der Waals surface area contributed by atoms with Crippen LogP contribution < -0.4 is 4.90 Å². The summed E-state index contributed by atoms with van der Waals surface area (Å²) >= 11 is 0. The second-order valence-electron chi connectivity index (χ2n) is 4.55. The van der Waals surface area contributed by atoms with Crippen LogP contribution >= 0.6 is 0 Å². The van der Waals surface area contributed by atoms with Gasteiger partial charge in [-0.05, 0) is 38.0 Å². The van der Waals surface area contributed by atoms with Crippen molar-refractivity contribution in [1.82, 2.24) is 0 Å². The minimum atomic E-state index is -0.708. The van der Waals surface area contributed by atoms with Gasteiger partial charge in [0, 0.05) is 17.8 Å². The zero-order chi connectivity index (χ0) is 12.4. The zero-order valence-electron chi connectivity index (χ0n) is 9.93. The average Bonchev–Trinajstić information content (AvgIpc) is 2.76. The smallest absolute Gasteiger partial charge is 0.123 e. The minimum absolute atomic E-state index is 0.0814. The van der Waals surface area contributed by atoms with Gasteiger partial charge in [0.15, 0.2) is 0 Å². The van der Waals surface area contributed by atoms with Gasteiger partial charge in [0.1, 0.15) is 5.82 Å². The van der Waals surface area contributed by atoms with E-state index in [1.807, 2.05) is 0 Å². The molecule has 1 heterocycles. The molecule has 17 heavy (non-hydrogen) atoms. The fourth-order valence-corrected chi connectivity index (χ4v) is 2.46. The van der Waals surface area contributed by atoms with Crippen molar-refractivity contribution in [3.8, 4) is 0 Å². The number of rotatable bonds is 3. The molecule has 0 bridgehead atoms. The second-order valence-corrected chi connectivity index (χ2v) is 4.55. The van der Waals surface area contributed by atoms with E-state index >= 15 is 0 Å². The number of aliphatic hydroxyl groups is 2. The number of nitrogens with zero attached hydrogens (tertiary/aromatic N) is 1. The predicted octanol–water partition coefficient (Wildman–Crippen LogP) is 1.84. The van der Waals surface area contributed by atoms with Crippen molar-refractivity contribution in [1.29, 1.82) is 0 Å². The molecule has 0 saturated carbocycles. The molecule has 1 aliphatic heterocycles. The molecule has 4 heteroatoms. The lowest BCUT2D eigenvalue weighted by molar-refractivity contribution is 0.198. The van der Waals surface area contributed by atoms with Crippen molar-refractivity contribution < 1.29 is 14.6 Å². The third-order valence-corrected chi connectivity index (χ3v) is 3.34. The average molecular weight is 239 g/mol. The summed E-state index contributed by atoms with van der Waals surface area (Å²) in [7, 11) is 0. The van der Waals surface area contributed by atoms with Crippen LogP contribution in [0, 0.1) is 5.82 Å². The first-order valence-corrected chi connectivity index (χ1v) is 5.98. The van der Waals surface area contributed by atoms with Gasteiger partial charge >= 0.3 is 0 Å². The van der Waals surface area contributed by atoms with Crippen LogP contribution in [0.3, 0.4) is 0 Å². The fourth-order valence-electron chi connectivity index (χ4n) is 2.46. The fraction of sp³-hybridized carbons (Fsp3) is 0.538. The summed E-state index contributed by atoms with van der Waals surface area (Å²) in [6.07, 6.45) is 1.25. The standard InChI is InChI=1S/C13H18FNO2/c1-9(17)12-7-10(14)4-5-13(12)15-6-2-3-11(15)8-16/h4-5,7,9,11,16-17H,2-3,6,8H2,1H3/t9-,11?/m0/s1. The molecular weight excluding hydrogens is 221 g/mol. The van der Waals surface area contributed by atoms with Crippen LogP contribution in [0.5, 0.6) is 0 Å². The lowest BCUT2D eigenvalue weighted by atomic mass is 10.1. The minimum Gasteiger partial charge on any atom is -0.394 e. The Hall–Kier alpha value is -1.13. The summed E-state index contributed by atoms with van der Waals surface area (Å²) in [4.78, 5) is 2.06. The molecule has 0 aromatic heterocycles. The third kappa shape index (κ3) is 2.42. The molecule has 1 aromatic carbocycles. The van der Waals surface area contributed by atoms with Gasteiger partial charge in [-0.1, -0.05) is 0 Å². The molecule has 2 atom stereocenters. The molecule has 94 valence electrons. The van der Waals surface area contributed by atoms with Crippen molar-refractivity contribution >= 4 is 5.69 Å². The van der Waals surface area contributed by atoms with Crippen LogP contribution in [0.15, 0.2) is 18.2 Å². The molecule has 2 N–H and O–H groups in total. The monoisotopic (exact) mass is 239 g/mol. The van der Waals surface area contributed by atoms with Gasteiger partial charge in [0.05, 0.1) is 18.8 Å². The van der Waals surface area contributed by atoms with Crippen LogP contribution in [-0.2, 0) is 0 Å². The van der Waals surface area contributed by atoms with E-state index in [0.29, 0.717) is 5.56 Å². The zero-order valence-corrected chi connectivity index (χ0v) is 9.93. The van der Waals surface area contributed by atoms with Crippen LogP contribution in [0.25, 0.3) is 0 Å². The maximum atomic E-state index is 13.2.